The van der Waals surface area contributed by atoms with Crippen LogP contribution in [0.2, 0.25) is 0 Å². The largest absolute Gasteiger partial charge is 0.381 e. The van der Waals surface area contributed by atoms with Gasteiger partial charge >= 0.3 is 0 Å². The monoisotopic (exact) mass is 295 g/mol. The van der Waals surface area contributed by atoms with Gasteiger partial charge in [-0.15, -0.1) is 0 Å². The lowest BCUT2D eigenvalue weighted by atomic mass is 9.96. The molecule has 0 aliphatic heterocycles. The van der Waals surface area contributed by atoms with Crippen LogP contribution in [-0.4, -0.2) is 26.3 Å². The Labute approximate surface area is 129 Å². The third-order valence-electron chi connectivity index (χ3n) is 3.47. The molecule has 0 saturated heterocycles. The lowest BCUT2D eigenvalue weighted by Crippen LogP contribution is -2.28. The fourth-order valence-electron chi connectivity index (χ4n) is 2.32. The molecule has 0 spiro atoms. The van der Waals surface area contributed by atoms with Crippen LogP contribution in [0, 0.1) is 17.7 Å². The Hall–Kier alpha value is -0.930. The predicted octanol–water partition coefficient (Wildman–Crippen LogP) is 4.05. The van der Waals surface area contributed by atoms with Gasteiger partial charge in [0.2, 0.25) is 0 Å². The summed E-state index contributed by atoms with van der Waals surface area (Å²) in [4.78, 5) is 0. The molecule has 0 bridgehead atoms. The van der Waals surface area contributed by atoms with Gasteiger partial charge in [0.1, 0.15) is 5.82 Å². The average molecular weight is 295 g/mol. The van der Waals surface area contributed by atoms with E-state index in [9.17, 15) is 4.39 Å². The van der Waals surface area contributed by atoms with E-state index in [-0.39, 0.29) is 5.82 Å². The van der Waals surface area contributed by atoms with Crippen LogP contribution >= 0.6 is 0 Å². The van der Waals surface area contributed by atoms with E-state index < -0.39 is 0 Å². The highest BCUT2D eigenvalue weighted by atomic mass is 19.1. The number of nitrogens with one attached hydrogen (secondary N) is 1. The molecule has 21 heavy (non-hydrogen) atoms. The van der Waals surface area contributed by atoms with E-state index in [1.54, 1.807) is 12.1 Å². The summed E-state index contributed by atoms with van der Waals surface area (Å²) in [7, 11) is 0. The molecule has 1 rings (SSSR count). The van der Waals surface area contributed by atoms with Crippen LogP contribution in [0.4, 0.5) is 4.39 Å². The summed E-state index contributed by atoms with van der Waals surface area (Å²) in [6.45, 7) is 10.0. The summed E-state index contributed by atoms with van der Waals surface area (Å²) in [6.07, 6.45) is 2.79. The molecule has 0 saturated carbocycles. The summed E-state index contributed by atoms with van der Waals surface area (Å²) in [5, 5.41) is 3.49. The molecule has 0 amide bonds. The van der Waals surface area contributed by atoms with Crippen molar-refractivity contribution in [1.82, 2.24) is 5.32 Å². The van der Waals surface area contributed by atoms with Crippen molar-refractivity contribution >= 4 is 0 Å². The van der Waals surface area contributed by atoms with Crippen molar-refractivity contribution in [2.24, 2.45) is 11.8 Å². The van der Waals surface area contributed by atoms with E-state index in [4.69, 9.17) is 4.74 Å². The molecule has 1 N–H and O–H groups in total. The Morgan fingerprint density at radius 3 is 2.57 bits per heavy atom. The fraction of sp³-hybridized carbons (Fsp3) is 0.667. The number of benzene rings is 1. The summed E-state index contributed by atoms with van der Waals surface area (Å²) in [5.74, 6) is 0.953. The van der Waals surface area contributed by atoms with Crippen LogP contribution in [0.15, 0.2) is 24.3 Å². The summed E-state index contributed by atoms with van der Waals surface area (Å²) < 4.78 is 19.4. The summed E-state index contributed by atoms with van der Waals surface area (Å²) in [5.41, 5.74) is 0.810. The first-order chi connectivity index (χ1) is 10.1. The maximum absolute atomic E-state index is 13.8. The van der Waals surface area contributed by atoms with Crippen molar-refractivity contribution in [2.45, 2.75) is 40.0 Å². The highest BCUT2D eigenvalue weighted by Gasteiger charge is 2.12. The minimum absolute atomic E-state index is 0.0964. The van der Waals surface area contributed by atoms with Crippen LogP contribution in [0.3, 0.4) is 0 Å². The van der Waals surface area contributed by atoms with E-state index >= 15 is 0 Å². The van der Waals surface area contributed by atoms with Crippen LogP contribution in [-0.2, 0) is 11.2 Å². The van der Waals surface area contributed by atoms with Crippen molar-refractivity contribution in [2.75, 3.05) is 26.3 Å². The smallest absolute Gasteiger partial charge is 0.126 e. The second kappa shape index (κ2) is 10.7. The zero-order valence-corrected chi connectivity index (χ0v) is 13.7. The predicted molar refractivity (Wildman–Crippen MR) is 87.0 cm³/mol. The molecule has 1 aromatic rings. The number of rotatable bonds is 11. The molecule has 0 aliphatic carbocycles. The molecule has 0 radical (unpaired) electrons. The van der Waals surface area contributed by atoms with Crippen LogP contribution in [0.1, 0.15) is 39.2 Å². The Morgan fingerprint density at radius 2 is 1.90 bits per heavy atom. The second-order valence-electron chi connectivity index (χ2n) is 6.11. The van der Waals surface area contributed by atoms with Gasteiger partial charge in [-0.3, -0.25) is 0 Å². The number of halogens is 1. The highest BCUT2D eigenvalue weighted by molar-refractivity contribution is 5.17. The van der Waals surface area contributed by atoms with Gasteiger partial charge in [-0.2, -0.15) is 0 Å². The van der Waals surface area contributed by atoms with E-state index in [1.165, 1.54) is 0 Å². The van der Waals surface area contributed by atoms with Gasteiger partial charge in [-0.1, -0.05) is 39.0 Å². The zero-order chi connectivity index (χ0) is 15.5. The number of ether oxygens (including phenoxy) is 1. The third-order valence-corrected chi connectivity index (χ3v) is 3.47. The van der Waals surface area contributed by atoms with Crippen LogP contribution in [0.5, 0.6) is 0 Å². The van der Waals surface area contributed by atoms with Crippen LogP contribution in [0.25, 0.3) is 0 Å². The maximum Gasteiger partial charge on any atom is 0.126 e. The van der Waals surface area contributed by atoms with Gasteiger partial charge in [0.05, 0.1) is 0 Å². The SMILES string of the molecule is CCCOCCC(CNCC(C)C)Cc1ccccc1F. The van der Waals surface area contributed by atoms with Gasteiger partial charge in [-0.05, 0) is 55.8 Å². The summed E-state index contributed by atoms with van der Waals surface area (Å²) >= 11 is 0. The minimum atomic E-state index is -0.0964. The molecule has 1 unspecified atom stereocenters. The molecular weight excluding hydrogens is 265 g/mol. The van der Waals surface area contributed by atoms with Crippen molar-refractivity contribution < 1.29 is 9.13 Å². The first kappa shape index (κ1) is 18.1. The highest BCUT2D eigenvalue weighted by Crippen LogP contribution is 2.15. The van der Waals surface area contributed by atoms with Crippen molar-refractivity contribution in [3.05, 3.63) is 35.6 Å². The normalized spacial score (nSPS) is 12.8. The van der Waals surface area contributed by atoms with E-state index in [2.05, 4.69) is 26.1 Å². The van der Waals surface area contributed by atoms with Gasteiger partial charge in [0, 0.05) is 13.2 Å². The second-order valence-corrected chi connectivity index (χ2v) is 6.11. The summed E-state index contributed by atoms with van der Waals surface area (Å²) in [6, 6.07) is 7.08. The average Bonchev–Trinajstić information content (AvgIpc) is 2.45. The quantitative estimate of drug-likeness (QED) is 0.622. The Bertz CT molecular complexity index is 381. The first-order valence-electron chi connectivity index (χ1n) is 8.15. The topological polar surface area (TPSA) is 21.3 Å². The molecule has 0 aliphatic rings. The molecule has 3 heteroatoms. The third kappa shape index (κ3) is 8.18. The Morgan fingerprint density at radius 1 is 1.14 bits per heavy atom. The fourth-order valence-corrected chi connectivity index (χ4v) is 2.32. The van der Waals surface area contributed by atoms with Gasteiger partial charge in [0.25, 0.3) is 0 Å². The molecule has 0 fully saturated rings. The lowest BCUT2D eigenvalue weighted by molar-refractivity contribution is 0.120. The molecule has 0 aromatic heterocycles. The number of hydrogen-bond donors (Lipinski definition) is 1. The molecule has 1 aromatic carbocycles. The van der Waals surface area contributed by atoms with Crippen molar-refractivity contribution in [3.63, 3.8) is 0 Å². The number of hydrogen-bond acceptors (Lipinski definition) is 2. The van der Waals surface area contributed by atoms with Crippen molar-refractivity contribution in [1.29, 1.82) is 0 Å². The molecular formula is C18H30FNO. The minimum Gasteiger partial charge on any atom is -0.381 e. The Kier molecular flexibility index (Phi) is 9.27. The van der Waals surface area contributed by atoms with E-state index in [0.717, 1.165) is 51.1 Å². The van der Waals surface area contributed by atoms with Gasteiger partial charge in [-0.25, -0.2) is 4.39 Å². The standard InChI is InChI=1S/C18H30FNO/c1-4-10-21-11-9-16(14-20-13-15(2)3)12-17-7-5-6-8-18(17)19/h5-8,15-16,20H,4,9-14H2,1-3H3. The molecule has 120 valence electrons. The van der Waals surface area contributed by atoms with Gasteiger partial charge < -0.3 is 10.1 Å². The first-order valence-corrected chi connectivity index (χ1v) is 8.15. The molecule has 1 atom stereocenters. The maximum atomic E-state index is 13.8. The molecule has 2 nitrogen and oxygen atoms in total. The Balaban J connectivity index is 2.47. The lowest BCUT2D eigenvalue weighted by Gasteiger charge is -2.19. The van der Waals surface area contributed by atoms with E-state index in [0.29, 0.717) is 11.8 Å². The van der Waals surface area contributed by atoms with Crippen LogP contribution < -0.4 is 5.32 Å². The van der Waals surface area contributed by atoms with Gasteiger partial charge in [0.15, 0.2) is 0 Å². The van der Waals surface area contributed by atoms with E-state index in [1.807, 2.05) is 12.1 Å². The zero-order valence-electron chi connectivity index (χ0n) is 13.7. The van der Waals surface area contributed by atoms with Crippen molar-refractivity contribution in [3.8, 4) is 0 Å². The molecule has 0 heterocycles.